The predicted octanol–water partition coefficient (Wildman–Crippen LogP) is 4.83. The molecule has 148 valence electrons. The highest BCUT2D eigenvalue weighted by Gasteiger charge is 2.23. The molecule has 0 fully saturated rings. The summed E-state index contributed by atoms with van der Waals surface area (Å²) in [5.41, 5.74) is 4.28. The number of para-hydroxylation sites is 1. The second-order valence-electron chi connectivity index (χ2n) is 6.91. The second kappa shape index (κ2) is 7.68. The summed E-state index contributed by atoms with van der Waals surface area (Å²) in [6, 6.07) is 21.6. The molecule has 0 bridgehead atoms. The zero-order chi connectivity index (χ0) is 20.0. The normalized spacial score (nSPS) is 13.4. The van der Waals surface area contributed by atoms with E-state index < -0.39 is 4.92 Å². The van der Waals surface area contributed by atoms with Crippen LogP contribution >= 0.6 is 17.0 Å². The molecule has 30 heavy (non-hydrogen) atoms. The minimum Gasteiger partial charge on any atom is -0.288 e. The maximum absolute atomic E-state index is 13.1. The Balaban J connectivity index is 0.00000218. The maximum atomic E-state index is 13.1. The third kappa shape index (κ3) is 3.23. The van der Waals surface area contributed by atoms with Crippen molar-refractivity contribution < 1.29 is 4.92 Å². The number of fused-ring (bicyclic) bond motifs is 3. The molecule has 4 aromatic rings. The van der Waals surface area contributed by atoms with Gasteiger partial charge >= 0.3 is 0 Å². The lowest BCUT2D eigenvalue weighted by Crippen LogP contribution is -2.29. The van der Waals surface area contributed by atoms with Gasteiger partial charge in [-0.25, -0.2) is 4.98 Å². The van der Waals surface area contributed by atoms with Gasteiger partial charge in [0.15, 0.2) is 0 Å². The minimum atomic E-state index is -0.421. The Hall–Kier alpha value is -3.58. The summed E-state index contributed by atoms with van der Waals surface area (Å²) in [6.07, 6.45) is 1.93. The lowest BCUT2D eigenvalue weighted by Gasteiger charge is -2.24. The van der Waals surface area contributed by atoms with Crippen molar-refractivity contribution in [3.8, 4) is 0 Å². The van der Waals surface area contributed by atoms with Crippen molar-refractivity contribution in [1.82, 2.24) is 9.55 Å². The second-order valence-corrected chi connectivity index (χ2v) is 6.91. The molecule has 0 amide bonds. The van der Waals surface area contributed by atoms with Crippen molar-refractivity contribution in [2.45, 2.75) is 6.54 Å². The monoisotopic (exact) mass is 461 g/mol. The third-order valence-corrected chi connectivity index (χ3v) is 5.15. The molecule has 0 radical (unpaired) electrons. The van der Waals surface area contributed by atoms with Gasteiger partial charge < -0.3 is 0 Å². The molecule has 1 aliphatic rings. The Labute approximate surface area is 182 Å². The van der Waals surface area contributed by atoms with Gasteiger partial charge in [-0.05, 0) is 47.0 Å². The van der Waals surface area contributed by atoms with Crippen molar-refractivity contribution in [1.29, 1.82) is 0 Å². The summed E-state index contributed by atoms with van der Waals surface area (Å²) < 4.78 is 1.70. The highest BCUT2D eigenvalue weighted by molar-refractivity contribution is 8.93. The number of rotatable bonds is 2. The molecular formula is C23H16BrN3O3. The molecular weight excluding hydrogens is 446 g/mol. The topological polar surface area (TPSA) is 78.0 Å². The molecule has 0 saturated heterocycles. The van der Waals surface area contributed by atoms with Crippen LogP contribution in [0.3, 0.4) is 0 Å². The zero-order valence-corrected chi connectivity index (χ0v) is 17.4. The van der Waals surface area contributed by atoms with E-state index in [-0.39, 0.29) is 28.2 Å². The molecule has 0 atom stereocenters. The van der Waals surface area contributed by atoms with Gasteiger partial charge in [0.1, 0.15) is 5.82 Å². The van der Waals surface area contributed by atoms with Crippen LogP contribution in [0.5, 0.6) is 0 Å². The predicted molar refractivity (Wildman–Crippen MR) is 122 cm³/mol. The summed E-state index contributed by atoms with van der Waals surface area (Å²) in [4.78, 5) is 28.4. The zero-order valence-electron chi connectivity index (χ0n) is 15.7. The molecule has 1 aromatic heterocycles. The van der Waals surface area contributed by atoms with Gasteiger partial charge in [0, 0.05) is 17.7 Å². The van der Waals surface area contributed by atoms with E-state index in [1.54, 1.807) is 22.8 Å². The smallest absolute Gasteiger partial charge is 0.269 e. The lowest BCUT2D eigenvalue weighted by atomic mass is 9.93. The van der Waals surface area contributed by atoms with Crippen LogP contribution < -0.4 is 5.56 Å². The number of hydrogen-bond donors (Lipinski definition) is 0. The van der Waals surface area contributed by atoms with Crippen LogP contribution in [0, 0.1) is 10.1 Å². The first-order valence-electron chi connectivity index (χ1n) is 9.16. The Morgan fingerprint density at radius 1 is 0.967 bits per heavy atom. The van der Waals surface area contributed by atoms with E-state index >= 15 is 0 Å². The van der Waals surface area contributed by atoms with Gasteiger partial charge in [0.25, 0.3) is 11.2 Å². The number of benzene rings is 3. The summed E-state index contributed by atoms with van der Waals surface area (Å²) in [7, 11) is 0. The van der Waals surface area contributed by atoms with E-state index in [9.17, 15) is 14.9 Å². The highest BCUT2D eigenvalue weighted by Crippen LogP contribution is 2.32. The summed E-state index contributed by atoms with van der Waals surface area (Å²) in [6.45, 7) is 0.458. The molecule has 6 nitrogen and oxygen atoms in total. The van der Waals surface area contributed by atoms with Gasteiger partial charge in [0.2, 0.25) is 0 Å². The molecule has 0 unspecified atom stereocenters. The molecule has 0 N–H and O–H groups in total. The Morgan fingerprint density at radius 2 is 1.67 bits per heavy atom. The van der Waals surface area contributed by atoms with E-state index in [0.717, 1.165) is 22.3 Å². The van der Waals surface area contributed by atoms with Gasteiger partial charge in [0.05, 0.1) is 22.4 Å². The van der Waals surface area contributed by atoms with E-state index in [0.29, 0.717) is 23.3 Å². The van der Waals surface area contributed by atoms with Crippen molar-refractivity contribution >= 4 is 45.2 Å². The van der Waals surface area contributed by atoms with E-state index in [2.05, 4.69) is 0 Å². The van der Waals surface area contributed by atoms with Gasteiger partial charge in [-0.3, -0.25) is 19.5 Å². The van der Waals surface area contributed by atoms with Gasteiger partial charge in [-0.2, -0.15) is 0 Å². The minimum absolute atomic E-state index is 0. The average molecular weight is 462 g/mol. The van der Waals surface area contributed by atoms with Gasteiger partial charge in [-0.1, -0.05) is 36.4 Å². The van der Waals surface area contributed by atoms with Crippen LogP contribution in [0.1, 0.15) is 22.5 Å². The molecule has 3 aromatic carbocycles. The standard InChI is InChI=1S/C23H15N3O3.BrH/c27-23-19-7-3-4-8-21(19)24-22-20(13-15-9-11-17(12-10-15)26(28)29)18-6-2-1-5-16(18)14-25(22)23;/h1-13H,14H2;1H. The molecule has 7 heteroatoms. The third-order valence-electron chi connectivity index (χ3n) is 5.15. The SMILES string of the molecule is Br.O=c1c2ccccc2nc2n1Cc1ccccc1C2=Cc1ccc([N+](=O)[O-])cc1. The fourth-order valence-electron chi connectivity index (χ4n) is 3.73. The average Bonchev–Trinajstić information content (AvgIpc) is 2.75. The van der Waals surface area contributed by atoms with Crippen molar-refractivity contribution in [3.63, 3.8) is 0 Å². The molecule has 0 saturated carbocycles. The van der Waals surface area contributed by atoms with Gasteiger partial charge in [-0.15, -0.1) is 17.0 Å². The summed E-state index contributed by atoms with van der Waals surface area (Å²) in [5.74, 6) is 0.603. The Kier molecular flexibility index (Phi) is 5.05. The van der Waals surface area contributed by atoms with E-state index in [1.807, 2.05) is 48.5 Å². The number of hydrogen-bond acceptors (Lipinski definition) is 4. The fourth-order valence-corrected chi connectivity index (χ4v) is 3.73. The maximum Gasteiger partial charge on any atom is 0.269 e. The number of nitro benzene ring substituents is 1. The van der Waals surface area contributed by atoms with Crippen LogP contribution in [0.15, 0.2) is 77.6 Å². The van der Waals surface area contributed by atoms with Crippen LogP contribution in [0.4, 0.5) is 5.69 Å². The Morgan fingerprint density at radius 3 is 2.43 bits per heavy atom. The first-order chi connectivity index (χ1) is 14.1. The number of halogens is 1. The summed E-state index contributed by atoms with van der Waals surface area (Å²) in [5, 5.41) is 11.5. The molecule has 2 heterocycles. The number of non-ortho nitro benzene ring substituents is 1. The number of nitro groups is 1. The quantitative estimate of drug-likeness (QED) is 0.278. The largest absolute Gasteiger partial charge is 0.288 e. The van der Waals surface area contributed by atoms with E-state index in [1.165, 1.54) is 12.1 Å². The lowest BCUT2D eigenvalue weighted by molar-refractivity contribution is -0.384. The molecule has 5 rings (SSSR count). The fraction of sp³-hybridized carbons (Fsp3) is 0.0435. The molecule has 0 spiro atoms. The van der Waals surface area contributed by atoms with Crippen molar-refractivity contribution in [2.24, 2.45) is 0 Å². The molecule has 1 aliphatic heterocycles. The first kappa shape index (κ1) is 19.7. The van der Waals surface area contributed by atoms with Crippen LogP contribution in [-0.2, 0) is 6.54 Å². The van der Waals surface area contributed by atoms with Crippen LogP contribution in [0.2, 0.25) is 0 Å². The Bertz CT molecular complexity index is 1370. The van der Waals surface area contributed by atoms with Crippen LogP contribution in [0.25, 0.3) is 22.6 Å². The number of nitrogens with zero attached hydrogens (tertiary/aromatic N) is 3. The van der Waals surface area contributed by atoms with Crippen molar-refractivity contribution in [2.75, 3.05) is 0 Å². The summed E-state index contributed by atoms with van der Waals surface area (Å²) >= 11 is 0. The van der Waals surface area contributed by atoms with Crippen LogP contribution in [-0.4, -0.2) is 14.5 Å². The molecule has 0 aliphatic carbocycles. The van der Waals surface area contributed by atoms with Crippen molar-refractivity contribution in [3.05, 3.63) is 116 Å². The van der Waals surface area contributed by atoms with E-state index in [4.69, 9.17) is 4.98 Å². The highest BCUT2D eigenvalue weighted by atomic mass is 79.9. The first-order valence-corrected chi connectivity index (χ1v) is 9.16. The number of aromatic nitrogens is 2.